The van der Waals surface area contributed by atoms with Gasteiger partial charge in [0.1, 0.15) is 27.2 Å². The largest absolute Gasteiger partial charge is 0.497 e. The first-order valence-corrected chi connectivity index (χ1v) is 13.1. The molecule has 0 bridgehead atoms. The lowest BCUT2D eigenvalue weighted by Gasteiger charge is -2.12. The molecule has 4 aromatic rings. The SMILES string of the molecule is C=N/C=C\C(=C/C)c1ccc(CNS(=N)(=O)c2ccc(Oc3ccnc4cc(OC)ccc34)cc2)cc1. The summed E-state index contributed by atoms with van der Waals surface area (Å²) in [6.07, 6.45) is 7.20. The fraction of sp³-hybridized carbons (Fsp3) is 0.103. The first-order chi connectivity index (χ1) is 17.9. The number of hydrogen-bond donors (Lipinski definition) is 2. The molecular formula is C29H28N4O3S. The summed E-state index contributed by atoms with van der Waals surface area (Å²) in [5, 5.41) is 0.847. The summed E-state index contributed by atoms with van der Waals surface area (Å²) < 4.78 is 35.6. The van der Waals surface area contributed by atoms with Crippen LogP contribution in [0.4, 0.5) is 0 Å². The third-order valence-corrected chi connectivity index (χ3v) is 7.22. The van der Waals surface area contributed by atoms with Crippen molar-refractivity contribution < 1.29 is 13.7 Å². The summed E-state index contributed by atoms with van der Waals surface area (Å²) in [7, 11) is -1.59. The fourth-order valence-corrected chi connectivity index (χ4v) is 4.78. The fourth-order valence-electron chi connectivity index (χ4n) is 3.72. The van der Waals surface area contributed by atoms with Crippen LogP contribution in [0.3, 0.4) is 0 Å². The number of aromatic nitrogens is 1. The third kappa shape index (κ3) is 6.30. The van der Waals surface area contributed by atoms with E-state index in [-0.39, 0.29) is 0 Å². The third-order valence-electron chi connectivity index (χ3n) is 5.73. The molecule has 0 aliphatic heterocycles. The maximum Gasteiger partial charge on any atom is 0.138 e. The zero-order chi connectivity index (χ0) is 26.3. The Labute approximate surface area is 217 Å². The molecule has 0 saturated heterocycles. The Hall–Kier alpha value is -4.27. The van der Waals surface area contributed by atoms with E-state index in [4.69, 9.17) is 14.3 Å². The highest BCUT2D eigenvalue weighted by molar-refractivity contribution is 7.90. The van der Waals surface area contributed by atoms with E-state index in [1.165, 1.54) is 0 Å². The molecule has 1 atom stereocenters. The second kappa shape index (κ2) is 11.6. The summed E-state index contributed by atoms with van der Waals surface area (Å²) in [5.74, 6) is 1.93. The van der Waals surface area contributed by atoms with Crippen molar-refractivity contribution in [2.24, 2.45) is 4.99 Å². The summed E-state index contributed by atoms with van der Waals surface area (Å²) in [6.45, 7) is 5.71. The number of ether oxygens (including phenoxy) is 2. The minimum atomic E-state index is -3.20. The predicted octanol–water partition coefficient (Wildman–Crippen LogP) is 6.76. The number of nitrogens with one attached hydrogen (secondary N) is 2. The minimum absolute atomic E-state index is 0.294. The van der Waals surface area contributed by atoms with Gasteiger partial charge in [-0.2, -0.15) is 0 Å². The average molecular weight is 513 g/mol. The van der Waals surface area contributed by atoms with Crippen LogP contribution in [0, 0.1) is 4.78 Å². The highest BCUT2D eigenvalue weighted by Gasteiger charge is 2.11. The zero-order valence-corrected chi connectivity index (χ0v) is 21.5. The van der Waals surface area contributed by atoms with E-state index in [1.54, 1.807) is 49.8 Å². The summed E-state index contributed by atoms with van der Waals surface area (Å²) in [6, 6.07) is 21.9. The number of aliphatic imine (C=N–C) groups is 1. The molecule has 3 aromatic carbocycles. The Morgan fingerprint density at radius 2 is 1.81 bits per heavy atom. The van der Waals surface area contributed by atoms with Crippen LogP contribution in [0.25, 0.3) is 16.5 Å². The van der Waals surface area contributed by atoms with Crippen molar-refractivity contribution in [3.63, 3.8) is 0 Å². The number of fused-ring (bicyclic) bond motifs is 1. The molecule has 0 aliphatic rings. The van der Waals surface area contributed by atoms with Gasteiger partial charge < -0.3 is 9.47 Å². The maximum atomic E-state index is 13.1. The van der Waals surface area contributed by atoms with Crippen LogP contribution in [-0.4, -0.2) is 23.0 Å². The van der Waals surface area contributed by atoms with Crippen LogP contribution in [-0.2, 0) is 16.5 Å². The van der Waals surface area contributed by atoms with Crippen molar-refractivity contribution in [1.82, 2.24) is 9.71 Å². The van der Waals surface area contributed by atoms with Gasteiger partial charge in [0.2, 0.25) is 0 Å². The van der Waals surface area contributed by atoms with E-state index >= 15 is 0 Å². The summed E-state index contributed by atoms with van der Waals surface area (Å²) in [4.78, 5) is 8.49. The number of hydrogen-bond acceptors (Lipinski definition) is 6. The lowest BCUT2D eigenvalue weighted by Crippen LogP contribution is -2.21. The van der Waals surface area contributed by atoms with E-state index in [0.29, 0.717) is 22.9 Å². The van der Waals surface area contributed by atoms with Crippen molar-refractivity contribution in [3.8, 4) is 17.2 Å². The quantitative estimate of drug-likeness (QED) is 0.181. The van der Waals surface area contributed by atoms with Crippen molar-refractivity contribution >= 4 is 33.1 Å². The molecule has 1 unspecified atom stereocenters. The lowest BCUT2D eigenvalue weighted by molar-refractivity contribution is 0.415. The van der Waals surface area contributed by atoms with E-state index in [2.05, 4.69) is 21.4 Å². The number of pyridine rings is 1. The minimum Gasteiger partial charge on any atom is -0.497 e. The molecule has 1 aromatic heterocycles. The van der Waals surface area contributed by atoms with Crippen LogP contribution in [0.15, 0.2) is 107 Å². The molecular weight excluding hydrogens is 484 g/mol. The van der Waals surface area contributed by atoms with Gasteiger partial charge in [-0.05, 0) is 78.9 Å². The highest BCUT2D eigenvalue weighted by atomic mass is 32.2. The van der Waals surface area contributed by atoms with E-state index in [9.17, 15) is 4.21 Å². The standard InChI is InChI=1S/C29H28N4O3S/c1-4-22(15-17-31-2)23-7-5-21(6-8-23)20-33-37(30,34)26-12-9-24(10-13-26)36-29-16-18-32-28-19-25(35-3)11-14-27(28)29/h4-19H,2,20H2,1,3H3,(H2,30,33,34)/b17-15-,22-4+. The monoisotopic (exact) mass is 512 g/mol. The molecule has 0 amide bonds. The number of allylic oxidation sites excluding steroid dienone is 3. The molecule has 0 fully saturated rings. The van der Waals surface area contributed by atoms with E-state index < -0.39 is 9.92 Å². The number of rotatable bonds is 10. The van der Waals surface area contributed by atoms with E-state index in [1.807, 2.05) is 61.5 Å². The van der Waals surface area contributed by atoms with Gasteiger partial charge in [0, 0.05) is 30.4 Å². The Bertz CT molecular complexity index is 1560. The van der Waals surface area contributed by atoms with Gasteiger partial charge in [-0.25, -0.2) is 13.7 Å². The van der Waals surface area contributed by atoms with Crippen LogP contribution in [0.2, 0.25) is 0 Å². The Kier molecular flexibility index (Phi) is 8.12. The molecule has 0 radical (unpaired) electrons. The van der Waals surface area contributed by atoms with Crippen molar-refractivity contribution in [2.75, 3.05) is 7.11 Å². The second-order valence-corrected chi connectivity index (χ2v) is 9.95. The zero-order valence-electron chi connectivity index (χ0n) is 20.7. The van der Waals surface area contributed by atoms with Gasteiger partial charge in [-0.1, -0.05) is 30.3 Å². The maximum absolute atomic E-state index is 13.1. The lowest BCUT2D eigenvalue weighted by atomic mass is 10.0. The topological polar surface area (TPSA) is 96.7 Å². The Morgan fingerprint density at radius 1 is 1.08 bits per heavy atom. The summed E-state index contributed by atoms with van der Waals surface area (Å²) >= 11 is 0. The van der Waals surface area contributed by atoms with Gasteiger partial charge in [0.25, 0.3) is 0 Å². The van der Waals surface area contributed by atoms with Crippen LogP contribution >= 0.6 is 0 Å². The molecule has 8 heteroatoms. The molecule has 1 heterocycles. The molecule has 4 rings (SSSR count). The van der Waals surface area contributed by atoms with Crippen molar-refractivity contribution in [1.29, 1.82) is 4.78 Å². The molecule has 37 heavy (non-hydrogen) atoms. The highest BCUT2D eigenvalue weighted by Crippen LogP contribution is 2.31. The van der Waals surface area contributed by atoms with Gasteiger partial charge in [0.15, 0.2) is 0 Å². The average Bonchev–Trinajstić information content (AvgIpc) is 2.93. The number of benzene rings is 3. The van der Waals surface area contributed by atoms with Gasteiger partial charge in [0.05, 0.1) is 17.5 Å². The van der Waals surface area contributed by atoms with E-state index in [0.717, 1.165) is 33.4 Å². The molecule has 0 aliphatic carbocycles. The van der Waals surface area contributed by atoms with Gasteiger partial charge in [-0.15, -0.1) is 0 Å². The predicted molar refractivity (Wildman–Crippen MR) is 150 cm³/mol. The van der Waals surface area contributed by atoms with Crippen LogP contribution in [0.1, 0.15) is 18.1 Å². The number of methoxy groups -OCH3 is 1. The Morgan fingerprint density at radius 3 is 2.49 bits per heavy atom. The second-order valence-electron chi connectivity index (χ2n) is 8.08. The van der Waals surface area contributed by atoms with Crippen molar-refractivity contribution in [2.45, 2.75) is 18.4 Å². The van der Waals surface area contributed by atoms with Crippen LogP contribution < -0.4 is 14.2 Å². The first kappa shape index (κ1) is 25.8. The molecule has 0 saturated carbocycles. The van der Waals surface area contributed by atoms with Gasteiger partial charge in [-0.3, -0.25) is 9.98 Å². The molecule has 188 valence electrons. The van der Waals surface area contributed by atoms with Crippen LogP contribution in [0.5, 0.6) is 17.2 Å². The molecule has 2 N–H and O–H groups in total. The number of nitrogens with zero attached hydrogens (tertiary/aromatic N) is 2. The molecule has 0 spiro atoms. The van der Waals surface area contributed by atoms with Crippen molar-refractivity contribution in [3.05, 3.63) is 108 Å². The summed E-state index contributed by atoms with van der Waals surface area (Å²) in [5.41, 5.74) is 3.74. The van der Waals surface area contributed by atoms with Gasteiger partial charge >= 0.3 is 0 Å². The normalized spacial score (nSPS) is 13.4. The first-order valence-electron chi connectivity index (χ1n) is 11.6. The molecule has 7 nitrogen and oxygen atoms in total. The Balaban J connectivity index is 1.42. The smallest absolute Gasteiger partial charge is 0.138 e.